The highest BCUT2D eigenvalue weighted by Gasteiger charge is 2.18. The molecular formula is C5H10N5OP. The zero-order valence-electron chi connectivity index (χ0n) is 6.55. The van der Waals surface area contributed by atoms with Crippen LogP contribution in [0, 0.1) is 0 Å². The molecule has 0 amide bonds. The average molecular weight is 187 g/mol. The summed E-state index contributed by atoms with van der Waals surface area (Å²) in [7, 11) is 3.04. The lowest BCUT2D eigenvalue weighted by molar-refractivity contribution is -0.0211. The molecule has 0 aromatic rings. The summed E-state index contributed by atoms with van der Waals surface area (Å²) in [5, 5.41) is 5.27. The Balaban J connectivity index is 2.34. The molecule has 0 unspecified atom stereocenters. The van der Waals surface area contributed by atoms with Gasteiger partial charge in [0.15, 0.2) is 0 Å². The molecule has 0 aromatic carbocycles. The van der Waals surface area contributed by atoms with Gasteiger partial charge in [-0.05, 0) is 5.53 Å². The van der Waals surface area contributed by atoms with Crippen LogP contribution in [-0.2, 0) is 4.74 Å². The third kappa shape index (κ3) is 2.75. The minimum Gasteiger partial charge on any atom is -0.375 e. The van der Waals surface area contributed by atoms with Crippen molar-refractivity contribution in [1.82, 2.24) is 5.01 Å². The van der Waals surface area contributed by atoms with Gasteiger partial charge in [-0.1, -0.05) is 5.11 Å². The molecule has 1 fully saturated rings. The van der Waals surface area contributed by atoms with Crippen molar-refractivity contribution >= 4 is 9.03 Å². The maximum Gasteiger partial charge on any atom is 0.0778 e. The molecule has 1 heterocycles. The Morgan fingerprint density at radius 1 is 1.75 bits per heavy atom. The maximum absolute atomic E-state index is 8.08. The monoisotopic (exact) mass is 187 g/mol. The zero-order valence-corrected chi connectivity index (χ0v) is 7.55. The fraction of sp³-hybridized carbons (Fsp3) is 1.00. The Bertz CT molecular complexity index is 204. The van der Waals surface area contributed by atoms with E-state index in [0.29, 0.717) is 19.7 Å². The van der Waals surface area contributed by atoms with Crippen molar-refractivity contribution in [2.45, 2.75) is 6.10 Å². The van der Waals surface area contributed by atoms with E-state index in [-0.39, 0.29) is 6.10 Å². The first-order chi connectivity index (χ1) is 5.86. The molecule has 0 bridgehead atoms. The van der Waals surface area contributed by atoms with Gasteiger partial charge in [0.05, 0.1) is 19.3 Å². The molecular weight excluding hydrogens is 177 g/mol. The minimum absolute atomic E-state index is 0.0326. The number of hydrogen-bond acceptors (Lipinski definition) is 3. The number of rotatable bonds is 3. The van der Waals surface area contributed by atoms with Crippen LogP contribution in [0.2, 0.25) is 0 Å². The first kappa shape index (κ1) is 9.42. The van der Waals surface area contributed by atoms with Gasteiger partial charge in [0.1, 0.15) is 0 Å². The van der Waals surface area contributed by atoms with Crippen molar-refractivity contribution in [3.8, 4) is 0 Å². The lowest BCUT2D eigenvalue weighted by atomic mass is 10.3. The van der Waals surface area contributed by atoms with E-state index in [4.69, 9.17) is 10.3 Å². The van der Waals surface area contributed by atoms with Crippen LogP contribution in [0.1, 0.15) is 0 Å². The van der Waals surface area contributed by atoms with Gasteiger partial charge in [0, 0.05) is 27.0 Å². The number of morpholine rings is 1. The van der Waals surface area contributed by atoms with E-state index in [9.17, 15) is 0 Å². The van der Waals surface area contributed by atoms with E-state index in [1.807, 2.05) is 5.01 Å². The van der Waals surface area contributed by atoms with Crippen molar-refractivity contribution in [2.75, 3.05) is 26.2 Å². The quantitative estimate of drug-likeness (QED) is 0.288. The van der Waals surface area contributed by atoms with Gasteiger partial charge in [-0.3, -0.25) is 0 Å². The van der Waals surface area contributed by atoms with Crippen LogP contribution >= 0.6 is 9.03 Å². The molecule has 0 radical (unpaired) electrons. The van der Waals surface area contributed by atoms with Crippen LogP contribution in [0.4, 0.5) is 0 Å². The largest absolute Gasteiger partial charge is 0.375 e. The molecule has 0 saturated carbocycles. The van der Waals surface area contributed by atoms with Crippen LogP contribution < -0.4 is 0 Å². The van der Waals surface area contributed by atoms with Crippen LogP contribution in [0.3, 0.4) is 0 Å². The number of ether oxygens (including phenoxy) is 1. The summed E-state index contributed by atoms with van der Waals surface area (Å²) >= 11 is 0. The van der Waals surface area contributed by atoms with E-state index in [0.717, 1.165) is 6.54 Å². The second-order valence-corrected chi connectivity index (χ2v) is 2.62. The first-order valence-electron chi connectivity index (χ1n) is 3.61. The van der Waals surface area contributed by atoms with Crippen LogP contribution in [0.5, 0.6) is 0 Å². The maximum atomic E-state index is 8.08. The summed E-state index contributed by atoms with van der Waals surface area (Å²) in [5.41, 5.74) is 8.08. The van der Waals surface area contributed by atoms with Crippen molar-refractivity contribution in [2.24, 2.45) is 9.97 Å². The van der Waals surface area contributed by atoms with Crippen molar-refractivity contribution in [3.05, 3.63) is 10.4 Å². The van der Waals surface area contributed by atoms with Gasteiger partial charge >= 0.3 is 0 Å². The topological polar surface area (TPSA) is 73.6 Å². The smallest absolute Gasteiger partial charge is 0.0778 e. The standard InChI is InChI=1S/C5H10N5OP/c6-8-7-3-5-4-10(9-12)1-2-11-5/h5,12H,1-4H2/t5-/m0/s1. The SMILES string of the molecule is [N-]=[N+]=NC[C@H]1CN(N=P)CCO1. The van der Waals surface area contributed by atoms with E-state index >= 15 is 0 Å². The predicted molar refractivity (Wildman–Crippen MR) is 46.1 cm³/mol. The second kappa shape index (κ2) is 5.06. The Labute approximate surface area is 72.4 Å². The Hall–Kier alpha value is -0.670. The van der Waals surface area contributed by atoms with Crippen LogP contribution in [0.15, 0.2) is 9.97 Å². The summed E-state index contributed by atoms with van der Waals surface area (Å²) in [4.78, 5) is 6.49. The molecule has 7 heteroatoms. The summed E-state index contributed by atoms with van der Waals surface area (Å²) in [6.45, 7) is 2.44. The molecule has 0 spiro atoms. The summed E-state index contributed by atoms with van der Waals surface area (Å²) < 4.78 is 5.32. The van der Waals surface area contributed by atoms with E-state index < -0.39 is 0 Å². The van der Waals surface area contributed by atoms with Gasteiger partial charge in [0.25, 0.3) is 0 Å². The number of azide groups is 1. The highest BCUT2D eigenvalue weighted by atomic mass is 31.0. The van der Waals surface area contributed by atoms with E-state index in [1.54, 1.807) is 0 Å². The Kier molecular flexibility index (Phi) is 3.97. The van der Waals surface area contributed by atoms with E-state index in [1.165, 1.54) is 0 Å². The molecule has 66 valence electrons. The summed E-state index contributed by atoms with van der Waals surface area (Å²) in [5.74, 6) is 0. The highest BCUT2D eigenvalue weighted by Crippen LogP contribution is 2.06. The van der Waals surface area contributed by atoms with E-state index in [2.05, 4.69) is 23.9 Å². The van der Waals surface area contributed by atoms with Crippen molar-refractivity contribution < 1.29 is 4.74 Å². The van der Waals surface area contributed by atoms with Gasteiger partial charge in [-0.2, -0.15) is 9.86 Å². The third-order valence-corrected chi connectivity index (χ3v) is 1.89. The fourth-order valence-electron chi connectivity index (χ4n) is 1.03. The normalized spacial score (nSPS) is 24.5. The van der Waals surface area contributed by atoms with Gasteiger partial charge in [0.2, 0.25) is 0 Å². The molecule has 0 N–H and O–H groups in total. The van der Waals surface area contributed by atoms with Crippen molar-refractivity contribution in [3.63, 3.8) is 0 Å². The highest BCUT2D eigenvalue weighted by molar-refractivity contribution is 7.03. The molecule has 0 aliphatic carbocycles. The Morgan fingerprint density at radius 3 is 3.25 bits per heavy atom. The molecule has 1 atom stereocenters. The molecule has 0 aromatic heterocycles. The fourth-order valence-corrected chi connectivity index (χ4v) is 1.21. The van der Waals surface area contributed by atoms with Gasteiger partial charge in [-0.25, -0.2) is 0 Å². The third-order valence-electron chi connectivity index (χ3n) is 1.61. The molecule has 1 aliphatic rings. The minimum atomic E-state index is -0.0326. The molecule has 1 saturated heterocycles. The summed E-state index contributed by atoms with van der Waals surface area (Å²) in [6.07, 6.45) is -0.0326. The zero-order chi connectivity index (χ0) is 8.81. The Morgan fingerprint density at radius 2 is 2.58 bits per heavy atom. The van der Waals surface area contributed by atoms with Crippen molar-refractivity contribution in [1.29, 1.82) is 0 Å². The molecule has 1 rings (SSSR count). The lowest BCUT2D eigenvalue weighted by Crippen LogP contribution is -2.40. The lowest BCUT2D eigenvalue weighted by Gasteiger charge is -2.27. The van der Waals surface area contributed by atoms with Crippen LogP contribution in [0.25, 0.3) is 10.4 Å². The van der Waals surface area contributed by atoms with Crippen LogP contribution in [-0.4, -0.2) is 37.4 Å². The summed E-state index contributed by atoms with van der Waals surface area (Å²) in [6, 6.07) is 0. The number of nitrogens with zero attached hydrogens (tertiary/aromatic N) is 5. The molecule has 12 heavy (non-hydrogen) atoms. The number of hydrogen-bond donors (Lipinski definition) is 0. The van der Waals surface area contributed by atoms with Gasteiger partial charge < -0.3 is 4.74 Å². The molecule has 1 aliphatic heterocycles. The first-order valence-corrected chi connectivity index (χ1v) is 4.06. The molecule has 6 nitrogen and oxygen atoms in total. The average Bonchev–Trinajstić information content (AvgIpc) is 2.15. The second-order valence-electron chi connectivity index (χ2n) is 2.42. The predicted octanol–water partition coefficient (Wildman–Crippen LogP) is 1.24. The van der Waals surface area contributed by atoms with Gasteiger partial charge in [-0.15, -0.1) is 0 Å².